The van der Waals surface area contributed by atoms with E-state index in [1.54, 1.807) is 0 Å². The Morgan fingerprint density at radius 3 is 3.00 bits per heavy atom. The van der Waals surface area contributed by atoms with Crippen LogP contribution in [0, 0.1) is 0 Å². The number of carbonyl (C=O) groups excluding carboxylic acids is 1. The van der Waals surface area contributed by atoms with Crippen LogP contribution in [0.25, 0.3) is 0 Å². The Hall–Kier alpha value is -1.39. The van der Waals surface area contributed by atoms with E-state index in [-0.39, 0.29) is 17.4 Å². The number of fused-ring (bicyclic) bond motifs is 2. The lowest BCUT2D eigenvalue weighted by Gasteiger charge is -2.26. The second kappa shape index (κ2) is 4.57. The minimum Gasteiger partial charge on any atom is -0.378 e. The molecule has 2 fully saturated rings. The largest absolute Gasteiger partial charge is 0.378 e. The van der Waals surface area contributed by atoms with E-state index in [9.17, 15) is 4.79 Å². The van der Waals surface area contributed by atoms with E-state index in [0.29, 0.717) is 13.0 Å². The highest BCUT2D eigenvalue weighted by Crippen LogP contribution is 2.56. The number of amides is 1. The zero-order valence-electron chi connectivity index (χ0n) is 11.6. The first-order chi connectivity index (χ1) is 9.78. The van der Waals surface area contributed by atoms with Gasteiger partial charge in [0.15, 0.2) is 0 Å². The first kappa shape index (κ1) is 12.4. The summed E-state index contributed by atoms with van der Waals surface area (Å²) in [5.74, 6) is 0.226. The number of carbonyl (C=O) groups is 1. The molecule has 1 unspecified atom stereocenters. The van der Waals surface area contributed by atoms with Crippen LogP contribution in [-0.4, -0.2) is 38.3 Å². The number of rotatable bonds is 2. The summed E-state index contributed by atoms with van der Waals surface area (Å²) in [6.45, 7) is 3.12. The first-order valence-electron chi connectivity index (χ1n) is 7.50. The quantitative estimate of drug-likeness (QED) is 0.886. The van der Waals surface area contributed by atoms with Gasteiger partial charge in [-0.05, 0) is 24.5 Å². The van der Waals surface area contributed by atoms with Crippen LogP contribution in [0.1, 0.15) is 24.8 Å². The predicted octanol–water partition coefficient (Wildman–Crippen LogP) is 1.44. The lowest BCUT2D eigenvalue weighted by molar-refractivity contribution is -0.119. The second-order valence-corrected chi connectivity index (χ2v) is 6.21. The summed E-state index contributed by atoms with van der Waals surface area (Å²) in [6.07, 6.45) is 2.97. The number of nitrogens with one attached hydrogen (secondary N) is 1. The van der Waals surface area contributed by atoms with E-state index in [4.69, 9.17) is 4.74 Å². The highest BCUT2D eigenvalue weighted by molar-refractivity contribution is 5.97. The molecule has 4 heteroatoms. The van der Waals surface area contributed by atoms with Crippen molar-refractivity contribution in [2.45, 2.75) is 30.7 Å². The van der Waals surface area contributed by atoms with Crippen molar-refractivity contribution in [2.75, 3.05) is 31.2 Å². The summed E-state index contributed by atoms with van der Waals surface area (Å²) in [6, 6.07) is 8.56. The SMILES string of the molecule is O=C(CC1COCCN1)N1CC2(CC2)c2ccccc21. The van der Waals surface area contributed by atoms with E-state index >= 15 is 0 Å². The summed E-state index contributed by atoms with van der Waals surface area (Å²) in [5.41, 5.74) is 2.79. The molecule has 106 valence electrons. The first-order valence-corrected chi connectivity index (χ1v) is 7.50. The van der Waals surface area contributed by atoms with Gasteiger partial charge in [0.1, 0.15) is 0 Å². The number of morpholine rings is 1. The molecule has 1 aliphatic carbocycles. The molecular formula is C16H20N2O2. The molecule has 1 saturated heterocycles. The van der Waals surface area contributed by atoms with Gasteiger partial charge in [-0.2, -0.15) is 0 Å². The molecule has 2 heterocycles. The minimum atomic E-state index is 0.166. The van der Waals surface area contributed by atoms with E-state index in [1.165, 1.54) is 18.4 Å². The molecule has 1 saturated carbocycles. The van der Waals surface area contributed by atoms with Crippen LogP contribution >= 0.6 is 0 Å². The van der Waals surface area contributed by atoms with Crippen molar-refractivity contribution in [3.8, 4) is 0 Å². The zero-order valence-corrected chi connectivity index (χ0v) is 11.6. The highest BCUT2D eigenvalue weighted by atomic mass is 16.5. The van der Waals surface area contributed by atoms with Crippen molar-refractivity contribution >= 4 is 11.6 Å². The van der Waals surface area contributed by atoms with Crippen molar-refractivity contribution in [1.29, 1.82) is 0 Å². The molecule has 1 spiro atoms. The molecule has 1 amide bonds. The highest BCUT2D eigenvalue weighted by Gasteiger charge is 2.52. The van der Waals surface area contributed by atoms with Crippen LogP contribution in [0.3, 0.4) is 0 Å². The Morgan fingerprint density at radius 2 is 2.25 bits per heavy atom. The smallest absolute Gasteiger partial charge is 0.228 e. The molecule has 0 aromatic heterocycles. The van der Waals surface area contributed by atoms with E-state index in [0.717, 1.165) is 25.4 Å². The number of benzene rings is 1. The Balaban J connectivity index is 1.53. The van der Waals surface area contributed by atoms with Crippen molar-refractivity contribution in [3.05, 3.63) is 29.8 Å². The maximum atomic E-state index is 12.6. The molecule has 1 aromatic rings. The van der Waals surface area contributed by atoms with E-state index < -0.39 is 0 Å². The van der Waals surface area contributed by atoms with Gasteiger partial charge in [0, 0.05) is 36.7 Å². The van der Waals surface area contributed by atoms with Crippen LogP contribution in [0.5, 0.6) is 0 Å². The lowest BCUT2D eigenvalue weighted by atomic mass is 9.99. The number of hydrogen-bond acceptors (Lipinski definition) is 3. The van der Waals surface area contributed by atoms with Gasteiger partial charge >= 0.3 is 0 Å². The van der Waals surface area contributed by atoms with Crippen molar-refractivity contribution in [1.82, 2.24) is 5.32 Å². The Kier molecular flexibility index (Phi) is 2.82. The Labute approximate surface area is 119 Å². The second-order valence-electron chi connectivity index (χ2n) is 6.21. The van der Waals surface area contributed by atoms with Crippen LogP contribution < -0.4 is 10.2 Å². The number of hydrogen-bond donors (Lipinski definition) is 1. The number of anilines is 1. The fourth-order valence-corrected chi connectivity index (χ4v) is 3.50. The molecular weight excluding hydrogens is 252 g/mol. The van der Waals surface area contributed by atoms with Gasteiger partial charge in [-0.15, -0.1) is 0 Å². The van der Waals surface area contributed by atoms with E-state index in [2.05, 4.69) is 23.5 Å². The molecule has 4 rings (SSSR count). The average Bonchev–Trinajstić information content (AvgIpc) is 3.18. The number of ether oxygens (including phenoxy) is 1. The third kappa shape index (κ3) is 1.95. The standard InChI is InChI=1S/C16H20N2O2/c19-15(9-12-10-20-8-7-17-12)18-11-16(5-6-16)13-3-1-2-4-14(13)18/h1-4,12,17H,5-11H2. The normalized spacial score (nSPS) is 26.6. The summed E-state index contributed by atoms with van der Waals surface area (Å²) >= 11 is 0. The molecule has 0 radical (unpaired) electrons. The van der Waals surface area contributed by atoms with Crippen LogP contribution in [0.4, 0.5) is 5.69 Å². The van der Waals surface area contributed by atoms with Gasteiger partial charge < -0.3 is 15.0 Å². The molecule has 0 bridgehead atoms. The van der Waals surface area contributed by atoms with Crippen LogP contribution in [0.2, 0.25) is 0 Å². The van der Waals surface area contributed by atoms with Crippen LogP contribution in [0.15, 0.2) is 24.3 Å². The van der Waals surface area contributed by atoms with E-state index in [1.807, 2.05) is 11.0 Å². The summed E-state index contributed by atoms with van der Waals surface area (Å²) < 4.78 is 5.44. The van der Waals surface area contributed by atoms with Gasteiger partial charge in [0.2, 0.25) is 5.91 Å². The molecule has 1 aromatic carbocycles. The molecule has 2 aliphatic heterocycles. The summed E-state index contributed by atoms with van der Waals surface area (Å²) in [5, 5.41) is 3.36. The minimum absolute atomic E-state index is 0.166. The van der Waals surface area contributed by atoms with Crippen molar-refractivity contribution < 1.29 is 9.53 Å². The zero-order chi connectivity index (χ0) is 13.6. The fourth-order valence-electron chi connectivity index (χ4n) is 3.50. The fraction of sp³-hybridized carbons (Fsp3) is 0.562. The predicted molar refractivity (Wildman–Crippen MR) is 76.9 cm³/mol. The maximum absolute atomic E-state index is 12.6. The molecule has 1 N–H and O–H groups in total. The molecule has 1 atom stereocenters. The van der Waals surface area contributed by atoms with Crippen LogP contribution in [-0.2, 0) is 14.9 Å². The Bertz CT molecular complexity index is 533. The molecule has 20 heavy (non-hydrogen) atoms. The average molecular weight is 272 g/mol. The van der Waals surface area contributed by atoms with Crippen molar-refractivity contribution in [3.63, 3.8) is 0 Å². The van der Waals surface area contributed by atoms with Gasteiger partial charge in [-0.3, -0.25) is 4.79 Å². The van der Waals surface area contributed by atoms with Gasteiger partial charge in [-0.1, -0.05) is 18.2 Å². The van der Waals surface area contributed by atoms with Crippen molar-refractivity contribution in [2.24, 2.45) is 0 Å². The summed E-state index contributed by atoms with van der Waals surface area (Å²) in [7, 11) is 0. The topological polar surface area (TPSA) is 41.6 Å². The lowest BCUT2D eigenvalue weighted by Crippen LogP contribution is -2.45. The monoisotopic (exact) mass is 272 g/mol. The maximum Gasteiger partial charge on any atom is 0.228 e. The Morgan fingerprint density at radius 1 is 1.40 bits per heavy atom. The van der Waals surface area contributed by atoms with Gasteiger partial charge in [-0.25, -0.2) is 0 Å². The van der Waals surface area contributed by atoms with Gasteiger partial charge in [0.25, 0.3) is 0 Å². The number of nitrogens with zero attached hydrogens (tertiary/aromatic N) is 1. The number of para-hydroxylation sites is 1. The molecule has 4 nitrogen and oxygen atoms in total. The molecule has 3 aliphatic rings. The third-order valence-corrected chi connectivity index (χ3v) is 4.80. The van der Waals surface area contributed by atoms with Gasteiger partial charge in [0.05, 0.1) is 13.2 Å². The third-order valence-electron chi connectivity index (χ3n) is 4.80. The summed E-state index contributed by atoms with van der Waals surface area (Å²) in [4.78, 5) is 14.6.